The number of hydrogen-bond acceptors (Lipinski definition) is 3. The number of aromatic nitrogens is 1. The fourth-order valence-corrected chi connectivity index (χ4v) is 4.32. The van der Waals surface area contributed by atoms with Gasteiger partial charge in [0.25, 0.3) is 10.0 Å². The van der Waals surface area contributed by atoms with Gasteiger partial charge in [-0.3, -0.25) is 0 Å². The summed E-state index contributed by atoms with van der Waals surface area (Å²) >= 11 is 4.43. The molecule has 0 spiro atoms. The van der Waals surface area contributed by atoms with Gasteiger partial charge in [-0.1, -0.05) is 0 Å². The van der Waals surface area contributed by atoms with Gasteiger partial charge in [-0.25, -0.2) is 3.97 Å². The summed E-state index contributed by atoms with van der Waals surface area (Å²) in [7, 11) is -3.37. The van der Waals surface area contributed by atoms with Gasteiger partial charge >= 0.3 is 29.6 Å². The quantitative estimate of drug-likeness (QED) is 0.794. The Kier molecular flexibility index (Phi) is 4.64. The van der Waals surface area contributed by atoms with E-state index in [0.717, 1.165) is 3.79 Å². The monoisotopic (exact) mass is 315 g/mol. The van der Waals surface area contributed by atoms with E-state index in [1.54, 1.807) is 24.3 Å². The third-order valence-corrected chi connectivity index (χ3v) is 5.40. The van der Waals surface area contributed by atoms with Gasteiger partial charge in [-0.15, -0.1) is 11.3 Å². The van der Waals surface area contributed by atoms with Crippen LogP contribution in [0.4, 0.5) is 0 Å². The second kappa shape index (κ2) is 5.16. The average molecular weight is 316 g/mol. The molecule has 0 aliphatic carbocycles. The Morgan fingerprint density at radius 3 is 2.27 bits per heavy atom. The fourth-order valence-electron chi connectivity index (χ4n) is 1.02. The van der Waals surface area contributed by atoms with Crippen molar-refractivity contribution < 1.29 is 8.42 Å². The van der Waals surface area contributed by atoms with Gasteiger partial charge in [0.05, 0.1) is 3.79 Å². The zero-order valence-corrected chi connectivity index (χ0v) is 10.1. The standard InChI is InChI=1S/C8H6BrNO2S2.Na.H/c9-7-3-4-8(13-7)14(11,12)10-5-1-2-6-10;;/h1-6H;;. The summed E-state index contributed by atoms with van der Waals surface area (Å²) in [5.74, 6) is 0. The van der Waals surface area contributed by atoms with Crippen molar-refractivity contribution in [3.05, 3.63) is 40.4 Å². The molecular weight excluding hydrogens is 309 g/mol. The van der Waals surface area contributed by atoms with E-state index in [1.165, 1.54) is 27.7 Å². The van der Waals surface area contributed by atoms with Gasteiger partial charge in [0.1, 0.15) is 4.21 Å². The van der Waals surface area contributed by atoms with Gasteiger partial charge in [-0.05, 0) is 40.2 Å². The van der Waals surface area contributed by atoms with Crippen LogP contribution in [0.1, 0.15) is 0 Å². The van der Waals surface area contributed by atoms with Crippen molar-refractivity contribution in [3.8, 4) is 0 Å². The van der Waals surface area contributed by atoms with Gasteiger partial charge in [-0.2, -0.15) is 8.42 Å². The molecular formula is C8H7BrNNaO2S2. The van der Waals surface area contributed by atoms with E-state index in [9.17, 15) is 8.42 Å². The van der Waals surface area contributed by atoms with E-state index in [1.807, 2.05) is 0 Å². The molecule has 0 saturated carbocycles. The Morgan fingerprint density at radius 1 is 1.20 bits per heavy atom. The molecule has 0 bridgehead atoms. The first-order valence-electron chi connectivity index (χ1n) is 3.74. The van der Waals surface area contributed by atoms with Crippen LogP contribution in [0.15, 0.2) is 44.7 Å². The summed E-state index contributed by atoms with van der Waals surface area (Å²) in [6, 6.07) is 6.67. The van der Waals surface area contributed by atoms with Gasteiger partial charge in [0.2, 0.25) is 0 Å². The van der Waals surface area contributed by atoms with E-state index in [0.29, 0.717) is 4.21 Å². The summed E-state index contributed by atoms with van der Waals surface area (Å²) in [5, 5.41) is 0. The van der Waals surface area contributed by atoms with Crippen LogP contribution in [0.3, 0.4) is 0 Å². The first-order valence-corrected chi connectivity index (χ1v) is 6.79. The van der Waals surface area contributed by atoms with E-state index >= 15 is 0 Å². The molecule has 2 heterocycles. The van der Waals surface area contributed by atoms with Crippen LogP contribution in [0.2, 0.25) is 0 Å². The summed E-state index contributed by atoms with van der Waals surface area (Å²) in [4.78, 5) is 0. The maximum atomic E-state index is 11.9. The molecule has 0 aliphatic heterocycles. The number of rotatable bonds is 2. The molecule has 7 heteroatoms. The average Bonchev–Trinajstić information content (AvgIpc) is 2.72. The van der Waals surface area contributed by atoms with Crippen molar-refractivity contribution in [2.24, 2.45) is 0 Å². The minimum atomic E-state index is -3.37. The van der Waals surface area contributed by atoms with Crippen molar-refractivity contribution in [2.75, 3.05) is 0 Å². The Hall–Kier alpha value is 0.410. The van der Waals surface area contributed by atoms with E-state index in [-0.39, 0.29) is 29.6 Å². The van der Waals surface area contributed by atoms with Crippen LogP contribution < -0.4 is 0 Å². The van der Waals surface area contributed by atoms with Gasteiger partial charge in [0, 0.05) is 12.4 Å². The molecule has 0 N–H and O–H groups in total. The van der Waals surface area contributed by atoms with Crippen molar-refractivity contribution in [1.82, 2.24) is 3.97 Å². The molecule has 0 atom stereocenters. The predicted octanol–water partition coefficient (Wildman–Crippen LogP) is 1.90. The van der Waals surface area contributed by atoms with Crippen LogP contribution in [0.25, 0.3) is 0 Å². The first-order chi connectivity index (χ1) is 6.60. The maximum absolute atomic E-state index is 11.9. The van der Waals surface area contributed by atoms with Crippen LogP contribution in [0.5, 0.6) is 0 Å². The zero-order valence-electron chi connectivity index (χ0n) is 6.92. The molecule has 0 radical (unpaired) electrons. The molecule has 2 aromatic rings. The Balaban J connectivity index is 0.00000112. The van der Waals surface area contributed by atoms with E-state index in [2.05, 4.69) is 15.9 Å². The summed E-state index contributed by atoms with van der Waals surface area (Å²) in [6.45, 7) is 0. The third kappa shape index (κ3) is 2.75. The predicted molar refractivity (Wildman–Crippen MR) is 66.2 cm³/mol. The first kappa shape index (κ1) is 13.5. The van der Waals surface area contributed by atoms with E-state index in [4.69, 9.17) is 0 Å². The third-order valence-electron chi connectivity index (χ3n) is 1.66. The summed E-state index contributed by atoms with van der Waals surface area (Å²) in [5.41, 5.74) is 0. The minimum absolute atomic E-state index is 0. The molecule has 0 fully saturated rings. The molecule has 15 heavy (non-hydrogen) atoms. The van der Waals surface area contributed by atoms with Gasteiger partial charge in [0.15, 0.2) is 0 Å². The van der Waals surface area contributed by atoms with Crippen LogP contribution in [0, 0.1) is 0 Å². The Bertz CT molecular complexity index is 533. The molecule has 2 rings (SSSR count). The van der Waals surface area contributed by atoms with Crippen LogP contribution >= 0.6 is 27.3 Å². The number of hydrogen-bond donors (Lipinski definition) is 0. The Labute approximate surface area is 123 Å². The molecule has 76 valence electrons. The normalized spacial score (nSPS) is 11.0. The molecule has 0 unspecified atom stereocenters. The molecule has 0 saturated heterocycles. The molecule has 0 amide bonds. The van der Waals surface area contributed by atoms with Crippen molar-refractivity contribution in [3.63, 3.8) is 0 Å². The molecule has 0 aliphatic rings. The Morgan fingerprint density at radius 2 is 1.80 bits per heavy atom. The van der Waals surface area contributed by atoms with E-state index < -0.39 is 10.0 Å². The van der Waals surface area contributed by atoms with Gasteiger partial charge < -0.3 is 0 Å². The van der Waals surface area contributed by atoms with Crippen molar-refractivity contribution in [1.29, 1.82) is 0 Å². The van der Waals surface area contributed by atoms with Crippen molar-refractivity contribution in [2.45, 2.75) is 4.21 Å². The number of thiophene rings is 1. The molecule has 3 nitrogen and oxygen atoms in total. The molecule has 2 aromatic heterocycles. The summed E-state index contributed by atoms with van der Waals surface area (Å²) < 4.78 is 26.1. The number of halogens is 1. The molecule has 0 aromatic carbocycles. The fraction of sp³-hybridized carbons (Fsp3) is 0. The number of nitrogens with zero attached hydrogens (tertiary/aromatic N) is 1. The zero-order chi connectivity index (χ0) is 10.2. The second-order valence-electron chi connectivity index (χ2n) is 2.58. The summed E-state index contributed by atoms with van der Waals surface area (Å²) in [6.07, 6.45) is 3.03. The van der Waals surface area contributed by atoms with Crippen LogP contribution in [-0.4, -0.2) is 41.9 Å². The van der Waals surface area contributed by atoms with Crippen LogP contribution in [-0.2, 0) is 10.0 Å². The topological polar surface area (TPSA) is 39.1 Å². The van der Waals surface area contributed by atoms with Crippen molar-refractivity contribution >= 4 is 66.8 Å². The second-order valence-corrected chi connectivity index (χ2v) is 7.11. The SMILES string of the molecule is O=S(=O)(c1ccc(Br)s1)n1cccc1.[NaH].